The van der Waals surface area contributed by atoms with Crippen molar-refractivity contribution in [3.05, 3.63) is 81.0 Å². The number of methoxy groups -OCH3 is 2. The van der Waals surface area contributed by atoms with Crippen molar-refractivity contribution in [2.75, 3.05) is 19.5 Å². The predicted molar refractivity (Wildman–Crippen MR) is 167 cm³/mol. The number of nitriles is 1. The highest BCUT2D eigenvalue weighted by Gasteiger charge is 2.44. The fourth-order valence-electron chi connectivity index (χ4n) is 5.38. The molecule has 2 N–H and O–H groups in total. The van der Waals surface area contributed by atoms with Crippen LogP contribution in [-0.4, -0.2) is 53.8 Å². The summed E-state index contributed by atoms with van der Waals surface area (Å²) in [5, 5.41) is 16.4. The van der Waals surface area contributed by atoms with Crippen LogP contribution in [0, 0.1) is 11.3 Å². The van der Waals surface area contributed by atoms with E-state index >= 15 is 0 Å². The van der Waals surface area contributed by atoms with Gasteiger partial charge in [-0.1, -0.05) is 29.3 Å². The van der Waals surface area contributed by atoms with Crippen molar-refractivity contribution in [2.45, 2.75) is 25.5 Å². The number of pyridine rings is 1. The molecule has 14 heteroatoms. The number of hydrogen-bond donors (Lipinski definition) is 2. The van der Waals surface area contributed by atoms with E-state index in [1.165, 1.54) is 32.5 Å². The van der Waals surface area contributed by atoms with Gasteiger partial charge in [0.05, 0.1) is 57.8 Å². The van der Waals surface area contributed by atoms with E-state index in [0.717, 1.165) is 4.90 Å². The largest absolute Gasteiger partial charge is 0.495 e. The smallest absolute Gasteiger partial charge is 0.262 e. The third-order valence-corrected chi connectivity index (χ3v) is 8.28. The maximum absolute atomic E-state index is 13.2. The molecule has 0 aliphatic carbocycles. The van der Waals surface area contributed by atoms with Crippen molar-refractivity contribution in [2.24, 2.45) is 0 Å². The Hall–Kier alpha value is -5.38. The number of imide groups is 2. The van der Waals surface area contributed by atoms with Crippen LogP contribution in [0.15, 0.2) is 48.7 Å². The third-order valence-electron chi connectivity index (χ3n) is 7.67. The third kappa shape index (κ3) is 5.40. The summed E-state index contributed by atoms with van der Waals surface area (Å²) in [6, 6.07) is 12.2. The number of hydrogen-bond acceptors (Lipinski definition) is 10. The van der Waals surface area contributed by atoms with Crippen molar-refractivity contribution < 1.29 is 33.4 Å². The number of carbonyl (C=O) groups is 4. The normalized spacial score (nSPS) is 15.8. The second-order valence-electron chi connectivity index (χ2n) is 10.4. The maximum Gasteiger partial charge on any atom is 0.262 e. The number of nitrogens with one attached hydrogen (secondary N) is 2. The molecule has 1 saturated heterocycles. The fraction of sp³-hybridized carbons (Fsp3) is 0.188. The van der Waals surface area contributed by atoms with Gasteiger partial charge in [-0.3, -0.25) is 34.4 Å². The van der Waals surface area contributed by atoms with Gasteiger partial charge in [0.15, 0.2) is 11.5 Å². The predicted octanol–water partition coefficient (Wildman–Crippen LogP) is 5.15. The number of rotatable bonds is 8. The Morgan fingerprint density at radius 1 is 0.978 bits per heavy atom. The first kappa shape index (κ1) is 30.6. The number of halogens is 2. The Morgan fingerprint density at radius 3 is 2.46 bits per heavy atom. The molecule has 12 nitrogen and oxygen atoms in total. The van der Waals surface area contributed by atoms with Gasteiger partial charge in [0.2, 0.25) is 11.8 Å². The van der Waals surface area contributed by atoms with E-state index < -0.39 is 29.7 Å². The summed E-state index contributed by atoms with van der Waals surface area (Å²) < 4.78 is 17.0. The molecule has 4 amide bonds. The van der Waals surface area contributed by atoms with Crippen LogP contribution in [0.4, 0.5) is 11.4 Å². The van der Waals surface area contributed by atoms with Gasteiger partial charge in [0, 0.05) is 30.1 Å². The van der Waals surface area contributed by atoms with Gasteiger partial charge in [-0.25, -0.2) is 0 Å². The molecule has 1 unspecified atom stereocenters. The summed E-state index contributed by atoms with van der Waals surface area (Å²) in [5.74, 6) is -1.27. The summed E-state index contributed by atoms with van der Waals surface area (Å²) >= 11 is 12.6. The number of fused-ring (bicyclic) bond motifs is 2. The molecule has 0 radical (unpaired) electrons. The number of ether oxygens (including phenoxy) is 3. The summed E-state index contributed by atoms with van der Waals surface area (Å²) in [4.78, 5) is 55.5. The zero-order valence-corrected chi connectivity index (χ0v) is 25.8. The van der Waals surface area contributed by atoms with E-state index in [0.29, 0.717) is 55.1 Å². The van der Waals surface area contributed by atoms with Crippen LogP contribution in [0.25, 0.3) is 10.9 Å². The molecule has 2 aliphatic heterocycles. The molecular weight excluding hydrogens is 637 g/mol. The number of piperidine rings is 1. The summed E-state index contributed by atoms with van der Waals surface area (Å²) in [6.07, 6.45) is 1.51. The number of benzene rings is 3. The van der Waals surface area contributed by atoms with E-state index in [9.17, 15) is 24.4 Å². The molecule has 0 bridgehead atoms. The molecule has 6 rings (SSSR count). The molecule has 1 aromatic heterocycles. The van der Waals surface area contributed by atoms with E-state index in [2.05, 4.69) is 21.7 Å². The van der Waals surface area contributed by atoms with Crippen LogP contribution >= 0.6 is 23.2 Å². The average molecular weight is 660 g/mol. The topological polar surface area (TPSA) is 160 Å². The summed E-state index contributed by atoms with van der Waals surface area (Å²) in [6.45, 7) is -0.00338. The molecule has 1 fully saturated rings. The van der Waals surface area contributed by atoms with Crippen LogP contribution in [-0.2, 0) is 16.2 Å². The fourth-order valence-corrected chi connectivity index (χ4v) is 5.88. The van der Waals surface area contributed by atoms with Gasteiger partial charge in [-0.2, -0.15) is 5.26 Å². The monoisotopic (exact) mass is 659 g/mol. The van der Waals surface area contributed by atoms with Crippen LogP contribution in [0.1, 0.15) is 44.7 Å². The molecule has 46 heavy (non-hydrogen) atoms. The van der Waals surface area contributed by atoms with Crippen LogP contribution in [0.5, 0.6) is 17.2 Å². The van der Waals surface area contributed by atoms with Crippen molar-refractivity contribution >= 4 is 69.1 Å². The minimum absolute atomic E-state index is 0.00338. The Labute approximate surface area is 271 Å². The highest BCUT2D eigenvalue weighted by Crippen LogP contribution is 2.41. The molecule has 2 aliphatic rings. The van der Waals surface area contributed by atoms with Gasteiger partial charge in [0.1, 0.15) is 24.5 Å². The molecule has 3 aromatic carbocycles. The first-order valence-corrected chi connectivity index (χ1v) is 14.6. The van der Waals surface area contributed by atoms with Crippen LogP contribution < -0.4 is 24.8 Å². The minimum atomic E-state index is -1.06. The lowest BCUT2D eigenvalue weighted by Gasteiger charge is -2.27. The number of anilines is 2. The van der Waals surface area contributed by atoms with E-state index in [-0.39, 0.29) is 36.1 Å². The lowest BCUT2D eigenvalue weighted by Crippen LogP contribution is -2.54. The van der Waals surface area contributed by atoms with Gasteiger partial charge in [-0.05, 0) is 36.2 Å². The zero-order chi connectivity index (χ0) is 32.7. The van der Waals surface area contributed by atoms with Crippen LogP contribution in [0.2, 0.25) is 10.0 Å². The first-order valence-electron chi connectivity index (χ1n) is 13.8. The second kappa shape index (κ2) is 12.2. The van der Waals surface area contributed by atoms with Crippen molar-refractivity contribution in [3.8, 4) is 23.3 Å². The van der Waals surface area contributed by atoms with Crippen molar-refractivity contribution in [1.29, 1.82) is 5.26 Å². The minimum Gasteiger partial charge on any atom is -0.495 e. The van der Waals surface area contributed by atoms with Gasteiger partial charge >= 0.3 is 0 Å². The Kier molecular flexibility index (Phi) is 8.12. The number of nitrogens with zero attached hydrogens (tertiary/aromatic N) is 3. The molecule has 3 heterocycles. The highest BCUT2D eigenvalue weighted by molar-refractivity contribution is 6.37. The molecule has 232 valence electrons. The quantitative estimate of drug-likeness (QED) is 0.242. The molecule has 0 saturated carbocycles. The van der Waals surface area contributed by atoms with E-state index in [1.807, 2.05) is 0 Å². The summed E-state index contributed by atoms with van der Waals surface area (Å²) in [5.41, 5.74) is 2.48. The SMILES string of the molecule is COc1cc(Nc2c(C#N)cnc3cc(OCc4ccc5c(c4)C(=O)N(C4CCC(=O)NC4=O)C5=O)c(OC)cc23)c(Cl)cc1Cl. The average Bonchev–Trinajstić information content (AvgIpc) is 3.29. The summed E-state index contributed by atoms with van der Waals surface area (Å²) in [7, 11) is 2.94. The first-order chi connectivity index (χ1) is 22.1. The maximum atomic E-state index is 13.2. The van der Waals surface area contributed by atoms with Crippen LogP contribution in [0.3, 0.4) is 0 Å². The van der Waals surface area contributed by atoms with Gasteiger partial charge in [-0.15, -0.1) is 0 Å². The molecular formula is C32H23Cl2N5O7. The van der Waals surface area contributed by atoms with Crippen molar-refractivity contribution in [1.82, 2.24) is 15.2 Å². The van der Waals surface area contributed by atoms with Gasteiger partial charge in [0.25, 0.3) is 11.8 Å². The standard InChI is InChI=1S/C32H23Cl2N5O7/c1-44-25-11-23(20(33)9-21(25)34)37-29-16(12-35)13-36-22-10-27(26(45-2)8-19(22)29)46-14-15-3-4-17-18(7-15)32(43)39(31(17)42)24-5-6-28(40)38-30(24)41/h3-4,7-11,13,24H,5-6,14H2,1-2H3,(H,36,37)(H,38,40,41). The Bertz CT molecular complexity index is 2030. The van der Waals surface area contributed by atoms with E-state index in [1.54, 1.807) is 30.3 Å². The lowest BCUT2D eigenvalue weighted by molar-refractivity contribution is -0.136. The Morgan fingerprint density at radius 2 is 1.74 bits per heavy atom. The zero-order valence-electron chi connectivity index (χ0n) is 24.3. The molecule has 0 spiro atoms. The highest BCUT2D eigenvalue weighted by atomic mass is 35.5. The number of aromatic nitrogens is 1. The Balaban J connectivity index is 1.27. The number of amides is 4. The molecule has 4 aromatic rings. The van der Waals surface area contributed by atoms with Gasteiger partial charge < -0.3 is 19.5 Å². The lowest BCUT2D eigenvalue weighted by atomic mass is 10.0. The van der Waals surface area contributed by atoms with E-state index in [4.69, 9.17) is 37.4 Å². The van der Waals surface area contributed by atoms with Crippen molar-refractivity contribution in [3.63, 3.8) is 0 Å². The second-order valence-corrected chi connectivity index (χ2v) is 11.2. The molecule has 1 atom stereocenters. The number of carbonyl (C=O) groups excluding carboxylic acids is 4.